The molecule has 0 aromatic carbocycles. The minimum Gasteiger partial charge on any atom is -0.444 e. The molecule has 20 heavy (non-hydrogen) atoms. The van der Waals surface area contributed by atoms with Crippen LogP contribution >= 0.6 is 11.3 Å². The fourth-order valence-electron chi connectivity index (χ4n) is 2.06. The lowest BCUT2D eigenvalue weighted by Gasteiger charge is -2.33. The van der Waals surface area contributed by atoms with Crippen molar-refractivity contribution in [1.82, 2.24) is 9.88 Å². The van der Waals surface area contributed by atoms with E-state index in [2.05, 4.69) is 4.98 Å². The van der Waals surface area contributed by atoms with E-state index in [0.717, 1.165) is 12.8 Å². The van der Waals surface area contributed by atoms with Crippen molar-refractivity contribution in [2.75, 3.05) is 13.1 Å². The Bertz CT molecular complexity index is 482. The number of piperidine rings is 1. The van der Waals surface area contributed by atoms with E-state index in [4.69, 9.17) is 4.74 Å². The summed E-state index contributed by atoms with van der Waals surface area (Å²) in [6.07, 6.45) is 3.04. The van der Waals surface area contributed by atoms with Crippen molar-refractivity contribution in [1.29, 1.82) is 0 Å². The molecular formula is C13H20N2O3S2. The third-order valence-electron chi connectivity index (χ3n) is 2.91. The van der Waals surface area contributed by atoms with Crippen LogP contribution in [0.1, 0.15) is 33.6 Å². The maximum absolute atomic E-state index is 12.4. The molecule has 0 aliphatic carbocycles. The van der Waals surface area contributed by atoms with Gasteiger partial charge in [-0.15, -0.1) is 11.3 Å². The molecule has 5 nitrogen and oxygen atoms in total. The third kappa shape index (κ3) is 4.02. The highest BCUT2D eigenvalue weighted by Crippen LogP contribution is 2.23. The molecule has 1 amide bonds. The predicted molar refractivity (Wildman–Crippen MR) is 79.4 cm³/mol. The van der Waals surface area contributed by atoms with Gasteiger partial charge in [0.1, 0.15) is 5.60 Å². The van der Waals surface area contributed by atoms with Gasteiger partial charge < -0.3 is 9.64 Å². The Morgan fingerprint density at radius 2 is 2.30 bits per heavy atom. The van der Waals surface area contributed by atoms with Crippen LogP contribution in [0.25, 0.3) is 0 Å². The summed E-state index contributed by atoms with van der Waals surface area (Å²) < 4.78 is 18.4. The van der Waals surface area contributed by atoms with Gasteiger partial charge in [0.05, 0.1) is 16.0 Å². The van der Waals surface area contributed by atoms with Crippen molar-refractivity contribution < 1.29 is 13.7 Å². The number of nitrogens with zero attached hydrogens (tertiary/aromatic N) is 2. The zero-order valence-electron chi connectivity index (χ0n) is 12.0. The number of rotatable bonds is 2. The molecule has 1 aromatic heterocycles. The molecule has 0 saturated carbocycles. The molecule has 0 unspecified atom stereocenters. The maximum Gasteiger partial charge on any atom is 0.410 e. The molecular weight excluding hydrogens is 296 g/mol. The summed E-state index contributed by atoms with van der Waals surface area (Å²) >= 11 is 1.40. The fourth-order valence-corrected chi connectivity index (χ4v) is 4.52. The van der Waals surface area contributed by atoms with Crippen LogP contribution in [-0.4, -0.2) is 44.1 Å². The quantitative estimate of drug-likeness (QED) is 0.841. The van der Waals surface area contributed by atoms with Crippen molar-refractivity contribution in [3.05, 3.63) is 11.6 Å². The summed E-state index contributed by atoms with van der Waals surface area (Å²) in [4.78, 5) is 17.8. The number of thiazole rings is 1. The highest BCUT2D eigenvalue weighted by atomic mass is 32.2. The fraction of sp³-hybridized carbons (Fsp3) is 0.692. The second kappa shape index (κ2) is 6.22. The van der Waals surface area contributed by atoms with Gasteiger partial charge in [-0.25, -0.2) is 9.78 Å². The summed E-state index contributed by atoms with van der Waals surface area (Å²) in [6, 6.07) is 0. The summed E-state index contributed by atoms with van der Waals surface area (Å²) in [5.74, 6) is 0. The Labute approximate surface area is 125 Å². The zero-order chi connectivity index (χ0) is 14.8. The molecule has 2 heterocycles. The first kappa shape index (κ1) is 15.4. The molecule has 0 spiro atoms. The van der Waals surface area contributed by atoms with Gasteiger partial charge in [-0.1, -0.05) is 0 Å². The SMILES string of the molecule is CC(C)(C)OC(=O)N1CCC[C@H]([S@](=O)c2nccs2)C1. The van der Waals surface area contributed by atoms with Gasteiger partial charge in [0.15, 0.2) is 4.34 Å². The van der Waals surface area contributed by atoms with E-state index in [1.54, 1.807) is 11.1 Å². The topological polar surface area (TPSA) is 59.5 Å². The van der Waals surface area contributed by atoms with Gasteiger partial charge in [0.2, 0.25) is 0 Å². The van der Waals surface area contributed by atoms with Crippen molar-refractivity contribution in [2.45, 2.75) is 48.8 Å². The van der Waals surface area contributed by atoms with Crippen LogP contribution in [0.4, 0.5) is 4.79 Å². The molecule has 1 saturated heterocycles. The minimum absolute atomic E-state index is 0.0533. The van der Waals surface area contributed by atoms with Crippen LogP contribution in [0.3, 0.4) is 0 Å². The Morgan fingerprint density at radius 1 is 1.55 bits per heavy atom. The number of carbonyl (C=O) groups excluding carboxylic acids is 1. The lowest BCUT2D eigenvalue weighted by atomic mass is 10.1. The Kier molecular flexibility index (Phi) is 4.80. The van der Waals surface area contributed by atoms with Crippen LogP contribution in [0.15, 0.2) is 15.9 Å². The van der Waals surface area contributed by atoms with E-state index < -0.39 is 16.4 Å². The molecule has 0 N–H and O–H groups in total. The highest BCUT2D eigenvalue weighted by Gasteiger charge is 2.31. The van der Waals surface area contributed by atoms with Crippen LogP contribution in [0.5, 0.6) is 0 Å². The minimum atomic E-state index is -1.14. The van der Waals surface area contributed by atoms with E-state index in [-0.39, 0.29) is 11.3 Å². The number of hydrogen-bond donors (Lipinski definition) is 0. The number of hydrogen-bond acceptors (Lipinski definition) is 5. The summed E-state index contributed by atoms with van der Waals surface area (Å²) in [5, 5.41) is 1.77. The second-order valence-electron chi connectivity index (χ2n) is 5.79. The smallest absolute Gasteiger partial charge is 0.410 e. The molecule has 112 valence electrons. The highest BCUT2D eigenvalue weighted by molar-refractivity contribution is 7.87. The number of likely N-dealkylation sites (tertiary alicyclic amines) is 1. The molecule has 7 heteroatoms. The third-order valence-corrected chi connectivity index (χ3v) is 5.70. The van der Waals surface area contributed by atoms with Gasteiger partial charge in [-0.3, -0.25) is 4.21 Å². The van der Waals surface area contributed by atoms with Gasteiger partial charge >= 0.3 is 6.09 Å². The van der Waals surface area contributed by atoms with E-state index in [1.165, 1.54) is 11.3 Å². The first-order chi connectivity index (χ1) is 9.37. The molecule has 0 bridgehead atoms. The van der Waals surface area contributed by atoms with Crippen LogP contribution in [0.2, 0.25) is 0 Å². The molecule has 0 radical (unpaired) electrons. The summed E-state index contributed by atoms with van der Waals surface area (Å²) in [7, 11) is -1.14. The Hall–Kier alpha value is -0.950. The molecule has 1 aromatic rings. The zero-order valence-corrected chi connectivity index (χ0v) is 13.6. The van der Waals surface area contributed by atoms with E-state index in [1.807, 2.05) is 26.2 Å². The predicted octanol–water partition coefficient (Wildman–Crippen LogP) is 2.65. The van der Waals surface area contributed by atoms with Crippen LogP contribution < -0.4 is 0 Å². The first-order valence-corrected chi connectivity index (χ1v) is 8.74. The largest absolute Gasteiger partial charge is 0.444 e. The van der Waals surface area contributed by atoms with Gasteiger partial charge in [0.25, 0.3) is 0 Å². The van der Waals surface area contributed by atoms with Crippen molar-refractivity contribution in [2.24, 2.45) is 0 Å². The number of amides is 1. The van der Waals surface area contributed by atoms with E-state index >= 15 is 0 Å². The van der Waals surface area contributed by atoms with Crippen molar-refractivity contribution in [3.8, 4) is 0 Å². The van der Waals surface area contributed by atoms with Crippen molar-refractivity contribution >= 4 is 28.2 Å². The molecule has 1 aliphatic rings. The molecule has 2 atom stereocenters. The number of ether oxygens (including phenoxy) is 1. The second-order valence-corrected chi connectivity index (χ2v) is 8.59. The van der Waals surface area contributed by atoms with Crippen LogP contribution in [0, 0.1) is 0 Å². The number of aromatic nitrogens is 1. The number of carbonyl (C=O) groups is 1. The molecule has 1 aliphatic heterocycles. The summed E-state index contributed by atoms with van der Waals surface area (Å²) in [6.45, 7) is 6.68. The van der Waals surface area contributed by atoms with E-state index in [0.29, 0.717) is 17.4 Å². The van der Waals surface area contributed by atoms with Gasteiger partial charge in [-0.05, 0) is 33.6 Å². The lowest BCUT2D eigenvalue weighted by molar-refractivity contribution is 0.0219. The Balaban J connectivity index is 1.98. The monoisotopic (exact) mass is 316 g/mol. The molecule has 2 rings (SSSR count). The Morgan fingerprint density at radius 3 is 2.90 bits per heavy atom. The maximum atomic E-state index is 12.4. The van der Waals surface area contributed by atoms with E-state index in [9.17, 15) is 9.00 Å². The van der Waals surface area contributed by atoms with Gasteiger partial charge in [-0.2, -0.15) is 0 Å². The normalized spacial score (nSPS) is 21.6. The lowest BCUT2D eigenvalue weighted by Crippen LogP contribution is -2.45. The first-order valence-electron chi connectivity index (χ1n) is 6.65. The van der Waals surface area contributed by atoms with Crippen molar-refractivity contribution in [3.63, 3.8) is 0 Å². The van der Waals surface area contributed by atoms with Crippen LogP contribution in [-0.2, 0) is 15.5 Å². The summed E-state index contributed by atoms with van der Waals surface area (Å²) in [5.41, 5.74) is -0.502. The molecule has 1 fully saturated rings. The average Bonchev–Trinajstić information content (AvgIpc) is 2.90. The average molecular weight is 316 g/mol. The van der Waals surface area contributed by atoms with Gasteiger partial charge in [0, 0.05) is 24.7 Å². The standard InChI is InChI=1S/C13H20N2O3S2/c1-13(2,3)18-12(16)15-7-4-5-10(9-15)20(17)11-14-6-8-19-11/h6,8,10H,4-5,7,9H2,1-3H3/t10-,20-/m0/s1.